The first-order chi connectivity index (χ1) is 21.2. The van der Waals surface area contributed by atoms with E-state index in [1.54, 1.807) is 0 Å². The van der Waals surface area contributed by atoms with E-state index >= 15 is 0 Å². The molecule has 1 atom stereocenters. The molecule has 0 N–H and O–H groups in total. The van der Waals surface area contributed by atoms with Gasteiger partial charge in [0, 0.05) is 0 Å². The summed E-state index contributed by atoms with van der Waals surface area (Å²) < 4.78 is 73.2. The third-order valence-electron chi connectivity index (χ3n) is 5.46. The third-order valence-corrected chi connectivity index (χ3v) is 16.8. The van der Waals surface area contributed by atoms with Crippen molar-refractivity contribution in [2.45, 2.75) is 100 Å². The fourth-order valence-electron chi connectivity index (χ4n) is 3.44. The van der Waals surface area contributed by atoms with Crippen molar-refractivity contribution in [3.63, 3.8) is 0 Å². The zero-order valence-electron chi connectivity index (χ0n) is 28.1. The molecule has 1 aromatic rings. The molecule has 1 heterocycles. The Bertz CT molecular complexity index is 1160. The summed E-state index contributed by atoms with van der Waals surface area (Å²) in [5, 5.41) is 0. The van der Waals surface area contributed by atoms with Crippen LogP contribution in [0.1, 0.15) is 99.0 Å². The predicted molar refractivity (Wildman–Crippen MR) is 183 cm³/mol. The van der Waals surface area contributed by atoms with Crippen molar-refractivity contribution >= 4 is 30.6 Å². The molecule has 2 rings (SSSR count). The molecular weight excluding hydrogens is 644 g/mol. The maximum Gasteiger partial charge on any atom is 0.402 e. The summed E-state index contributed by atoms with van der Waals surface area (Å²) in [5.74, 6) is 0.573. The second-order valence-corrected chi connectivity index (χ2v) is 18.8. The molecule has 1 unspecified atom stereocenters. The van der Waals surface area contributed by atoms with E-state index in [9.17, 15) is 0 Å². The number of nitrogens with zero attached hydrogens (tertiary/aromatic N) is 4. The summed E-state index contributed by atoms with van der Waals surface area (Å²) in [4.78, 5) is 0. The van der Waals surface area contributed by atoms with Gasteiger partial charge in [-0.3, -0.25) is 4.52 Å². The van der Waals surface area contributed by atoms with Crippen molar-refractivity contribution in [1.82, 2.24) is 0 Å². The first kappa shape index (κ1) is 39.8. The molecule has 44 heavy (non-hydrogen) atoms. The van der Waals surface area contributed by atoms with Crippen LogP contribution in [-0.4, -0.2) is 46.2 Å². The highest BCUT2D eigenvalue weighted by molar-refractivity contribution is 7.78. The highest BCUT2D eigenvalue weighted by Gasteiger charge is 2.44. The molecule has 16 heteroatoms. The summed E-state index contributed by atoms with van der Waals surface area (Å²) in [6.45, 7) is 18.5. The number of hydrogen-bond donors (Lipinski definition) is 0. The molecule has 0 saturated carbocycles. The molecule has 0 saturated heterocycles. The number of rotatable bonds is 23. The minimum Gasteiger partial charge on any atom is -0.422 e. The first-order valence-corrected chi connectivity index (χ1v) is 22.2. The third kappa shape index (κ3) is 12.4. The average Bonchev–Trinajstić information content (AvgIpc) is 3.02. The Hall–Kier alpha value is -0.340. The average molecular weight is 701 g/mol. The Morgan fingerprint density at radius 2 is 0.705 bits per heavy atom. The van der Waals surface area contributed by atoms with Crippen molar-refractivity contribution in [3.05, 3.63) is 29.8 Å². The molecule has 0 radical (unpaired) electrons. The zero-order chi connectivity index (χ0) is 32.4. The first-order valence-electron chi connectivity index (χ1n) is 16.1. The van der Waals surface area contributed by atoms with Gasteiger partial charge in [-0.15, -0.1) is 18.1 Å². The summed E-state index contributed by atoms with van der Waals surface area (Å²) in [7, 11) is -14.3. The van der Waals surface area contributed by atoms with Crippen molar-refractivity contribution in [3.8, 4) is 5.75 Å². The molecule has 12 nitrogen and oxygen atoms in total. The van der Waals surface area contributed by atoms with E-state index in [0.717, 1.165) is 18.4 Å². The Morgan fingerprint density at radius 3 is 1.02 bits per heavy atom. The maximum atomic E-state index is 6.77. The lowest BCUT2D eigenvalue weighted by molar-refractivity contribution is 0.222. The Kier molecular flexibility index (Phi) is 18.8. The zero-order valence-corrected chi connectivity index (χ0v) is 31.6. The van der Waals surface area contributed by atoms with Crippen LogP contribution in [0.25, 0.3) is 0 Å². The number of benzene rings is 1. The van der Waals surface area contributed by atoms with Gasteiger partial charge in [-0.1, -0.05) is 66.7 Å². The van der Waals surface area contributed by atoms with E-state index in [0.29, 0.717) is 84.1 Å². The smallest absolute Gasteiger partial charge is 0.402 e. The van der Waals surface area contributed by atoms with Gasteiger partial charge in [0.1, 0.15) is 5.75 Å². The lowest BCUT2D eigenvalue weighted by Gasteiger charge is -2.33. The number of hydrogen-bond acceptors (Lipinski definition) is 12. The summed E-state index contributed by atoms with van der Waals surface area (Å²) in [6.07, 6.45) is 4.98. The fraction of sp³-hybridized carbons (Fsp3) is 0.786. The van der Waals surface area contributed by atoms with E-state index in [1.807, 2.05) is 79.7 Å². The predicted octanol–water partition coefficient (Wildman–Crippen LogP) is 12.2. The minimum absolute atomic E-state index is 0.314. The van der Waals surface area contributed by atoms with Crippen LogP contribution in [0.4, 0.5) is 0 Å². The fourth-order valence-corrected chi connectivity index (χ4v) is 16.7. The van der Waals surface area contributed by atoms with Crippen LogP contribution in [-0.2, 0) is 31.7 Å². The Morgan fingerprint density at radius 1 is 0.432 bits per heavy atom. The van der Waals surface area contributed by atoms with Crippen molar-refractivity contribution in [1.29, 1.82) is 0 Å². The quantitative estimate of drug-likeness (QED) is 0.103. The van der Waals surface area contributed by atoms with Crippen LogP contribution >= 0.6 is 30.6 Å². The van der Waals surface area contributed by atoms with Crippen LogP contribution in [0.3, 0.4) is 0 Å². The topological polar surface area (TPSA) is 123 Å². The lowest BCUT2D eigenvalue weighted by atomic mass is 10.2. The normalized spacial score (nSPS) is 20.4. The van der Waals surface area contributed by atoms with E-state index in [4.69, 9.17) is 54.3 Å². The molecule has 1 aromatic carbocycles. The molecule has 0 amide bonds. The Balaban J connectivity index is 3.21. The monoisotopic (exact) mass is 700 g/mol. The molecule has 0 aliphatic carbocycles. The minimum atomic E-state index is -3.67. The summed E-state index contributed by atoms with van der Waals surface area (Å²) >= 11 is 0. The molecule has 0 fully saturated rings. The van der Waals surface area contributed by atoms with E-state index in [1.165, 1.54) is 0 Å². The van der Waals surface area contributed by atoms with Gasteiger partial charge in [0.25, 0.3) is 0 Å². The molecule has 0 bridgehead atoms. The van der Waals surface area contributed by atoms with Crippen molar-refractivity contribution in [2.75, 3.05) is 46.2 Å². The summed E-state index contributed by atoms with van der Waals surface area (Å²) in [6, 6.07) is 7.68. The van der Waals surface area contributed by atoms with Gasteiger partial charge in [-0.2, -0.15) is 0 Å². The largest absolute Gasteiger partial charge is 0.422 e. The number of aryl methyl sites for hydroxylation is 1. The van der Waals surface area contributed by atoms with Gasteiger partial charge in [-0.05, 0) is 63.5 Å². The molecule has 1 aliphatic rings. The van der Waals surface area contributed by atoms with E-state index in [2.05, 4.69) is 0 Å². The highest BCUT2D eigenvalue weighted by Crippen LogP contribution is 2.80. The SMILES string of the molecule is CCCOP1(OCCC)=NP(OCCC)(OCCC)=NP(OCCC)(Oc2ccccc2C)=NP(OCCC)(OCCC)=N1. The van der Waals surface area contributed by atoms with Crippen LogP contribution in [0.5, 0.6) is 5.75 Å². The van der Waals surface area contributed by atoms with E-state index in [-0.39, 0.29) is 0 Å². The molecular formula is C28H56N4O8P4. The molecule has 0 spiro atoms. The van der Waals surface area contributed by atoms with Gasteiger partial charge < -0.3 is 31.7 Å². The Labute approximate surface area is 266 Å². The van der Waals surface area contributed by atoms with Crippen molar-refractivity contribution < 1.29 is 36.2 Å². The standard InChI is InChI=1S/C28H56N4O8P4/c1-9-20-33-41(34-21-10-2)29-42(35-22-11-3,36-23-12-4)31-44(39-26-15-7,40-28-19-17-16-18-27(28)8)32-43(30-41,37-24-13-5)38-25-14-6/h16-19H,9-15,20-26H2,1-8H3. The highest BCUT2D eigenvalue weighted by atomic mass is 31.3. The molecule has 256 valence electrons. The van der Waals surface area contributed by atoms with Gasteiger partial charge in [0.2, 0.25) is 0 Å². The van der Waals surface area contributed by atoms with Crippen LogP contribution in [0.15, 0.2) is 42.3 Å². The van der Waals surface area contributed by atoms with Gasteiger partial charge >= 0.3 is 30.6 Å². The van der Waals surface area contributed by atoms with E-state index < -0.39 is 30.6 Å². The second kappa shape index (κ2) is 20.8. The second-order valence-electron chi connectivity index (χ2n) is 10.0. The lowest BCUT2D eigenvalue weighted by Crippen LogP contribution is -2.07. The van der Waals surface area contributed by atoms with Crippen LogP contribution < -0.4 is 4.52 Å². The summed E-state index contributed by atoms with van der Waals surface area (Å²) in [5.41, 5.74) is 0.897. The molecule has 1 aliphatic heterocycles. The molecule has 0 aromatic heterocycles. The maximum absolute atomic E-state index is 6.77. The van der Waals surface area contributed by atoms with Gasteiger partial charge in [0.15, 0.2) is 0 Å². The van der Waals surface area contributed by atoms with Gasteiger partial charge in [-0.25, -0.2) is 0 Å². The van der Waals surface area contributed by atoms with Crippen LogP contribution in [0, 0.1) is 6.92 Å². The van der Waals surface area contributed by atoms with Crippen molar-refractivity contribution in [2.24, 2.45) is 18.1 Å². The van der Waals surface area contributed by atoms with Crippen LogP contribution in [0.2, 0.25) is 0 Å². The number of para-hydroxylation sites is 1. The van der Waals surface area contributed by atoms with Gasteiger partial charge in [0.05, 0.1) is 46.2 Å².